The molecule has 0 saturated carbocycles. The molecule has 0 unspecified atom stereocenters. The van der Waals surface area contributed by atoms with Crippen LogP contribution in [-0.2, 0) is 6.54 Å². The monoisotopic (exact) mass is 259 g/mol. The molecular weight excluding hydrogens is 245 g/mol. The normalized spacial score (nSPS) is 22.3. The van der Waals surface area contributed by atoms with E-state index in [0.717, 1.165) is 31.7 Å². The van der Waals surface area contributed by atoms with Crippen LogP contribution in [0.4, 0.5) is 0 Å². The molecule has 2 heterocycles. The van der Waals surface area contributed by atoms with Crippen molar-refractivity contribution in [2.45, 2.75) is 19.5 Å². The van der Waals surface area contributed by atoms with E-state index in [1.165, 1.54) is 0 Å². The van der Waals surface area contributed by atoms with Crippen LogP contribution >= 0.6 is 23.2 Å². The van der Waals surface area contributed by atoms with Gasteiger partial charge >= 0.3 is 0 Å². The molecule has 1 N–H and O–H groups in total. The van der Waals surface area contributed by atoms with Crippen LogP contribution in [0.15, 0.2) is 12.3 Å². The van der Waals surface area contributed by atoms with Gasteiger partial charge in [0.2, 0.25) is 0 Å². The highest BCUT2D eigenvalue weighted by atomic mass is 35.5. The fraction of sp³-hybridized carbons (Fsp3) is 0.545. The lowest BCUT2D eigenvalue weighted by molar-refractivity contribution is 0.199. The standard InChI is InChI=1S/C11H15Cl2N3/c1-8-6-16(3-2-14-8)7-9-5-15-11(13)4-10(9)12/h4-5,8,14H,2-3,6-7H2,1H3/t8-/m0/s1. The molecule has 16 heavy (non-hydrogen) atoms. The first-order valence-electron chi connectivity index (χ1n) is 5.41. The molecule has 1 aromatic rings. The molecule has 3 nitrogen and oxygen atoms in total. The molecular formula is C11H15Cl2N3. The molecule has 0 aliphatic carbocycles. The molecule has 1 aliphatic rings. The van der Waals surface area contributed by atoms with Crippen molar-refractivity contribution in [3.8, 4) is 0 Å². The van der Waals surface area contributed by atoms with Crippen LogP contribution in [0.1, 0.15) is 12.5 Å². The Morgan fingerprint density at radius 1 is 1.56 bits per heavy atom. The number of nitrogens with one attached hydrogen (secondary N) is 1. The van der Waals surface area contributed by atoms with Crippen LogP contribution in [0.3, 0.4) is 0 Å². The maximum atomic E-state index is 6.12. The van der Waals surface area contributed by atoms with Gasteiger partial charge in [0, 0.05) is 49.0 Å². The largest absolute Gasteiger partial charge is 0.312 e. The topological polar surface area (TPSA) is 28.2 Å². The molecule has 88 valence electrons. The highest BCUT2D eigenvalue weighted by molar-refractivity contribution is 6.34. The van der Waals surface area contributed by atoms with Crippen LogP contribution in [0, 0.1) is 0 Å². The van der Waals surface area contributed by atoms with Crippen LogP contribution in [0.5, 0.6) is 0 Å². The van der Waals surface area contributed by atoms with Gasteiger partial charge in [0.1, 0.15) is 5.15 Å². The van der Waals surface area contributed by atoms with Gasteiger partial charge in [0.05, 0.1) is 0 Å². The van der Waals surface area contributed by atoms with Crippen LogP contribution in [0.25, 0.3) is 0 Å². The van der Waals surface area contributed by atoms with E-state index in [1.807, 2.05) is 0 Å². The van der Waals surface area contributed by atoms with Crippen LogP contribution in [0.2, 0.25) is 10.2 Å². The van der Waals surface area contributed by atoms with Crippen LogP contribution < -0.4 is 5.32 Å². The summed E-state index contributed by atoms with van der Waals surface area (Å²) in [6.07, 6.45) is 1.76. The van der Waals surface area contributed by atoms with E-state index in [4.69, 9.17) is 23.2 Å². The van der Waals surface area contributed by atoms with Crippen molar-refractivity contribution < 1.29 is 0 Å². The second kappa shape index (κ2) is 5.32. The molecule has 0 aromatic carbocycles. The first kappa shape index (κ1) is 12.1. The van der Waals surface area contributed by atoms with Gasteiger partial charge in [-0.05, 0) is 13.0 Å². The quantitative estimate of drug-likeness (QED) is 0.826. The number of hydrogen-bond donors (Lipinski definition) is 1. The van der Waals surface area contributed by atoms with E-state index in [-0.39, 0.29) is 0 Å². The summed E-state index contributed by atoms with van der Waals surface area (Å²) in [6.45, 7) is 6.14. The molecule has 0 radical (unpaired) electrons. The summed E-state index contributed by atoms with van der Waals surface area (Å²) in [5.74, 6) is 0. The van der Waals surface area contributed by atoms with Crippen molar-refractivity contribution in [1.29, 1.82) is 0 Å². The SMILES string of the molecule is C[C@H]1CN(Cc2cnc(Cl)cc2Cl)CCN1. The maximum absolute atomic E-state index is 6.12. The first-order chi connectivity index (χ1) is 7.65. The van der Waals surface area contributed by atoms with Gasteiger partial charge in [0.25, 0.3) is 0 Å². The Morgan fingerprint density at radius 3 is 3.06 bits per heavy atom. The summed E-state index contributed by atoms with van der Waals surface area (Å²) in [4.78, 5) is 6.44. The van der Waals surface area contributed by atoms with Crippen LogP contribution in [-0.4, -0.2) is 35.6 Å². The number of hydrogen-bond acceptors (Lipinski definition) is 3. The summed E-state index contributed by atoms with van der Waals surface area (Å²) in [7, 11) is 0. The lowest BCUT2D eigenvalue weighted by atomic mass is 10.2. The average Bonchev–Trinajstić information content (AvgIpc) is 2.22. The smallest absolute Gasteiger partial charge is 0.130 e. The summed E-state index contributed by atoms with van der Waals surface area (Å²) < 4.78 is 0. The molecule has 1 atom stereocenters. The van der Waals surface area contributed by atoms with Gasteiger partial charge in [-0.3, -0.25) is 4.90 Å². The molecule has 0 amide bonds. The fourth-order valence-electron chi connectivity index (χ4n) is 1.95. The Labute approximate surface area is 106 Å². The Bertz CT molecular complexity index is 370. The highest BCUT2D eigenvalue weighted by Crippen LogP contribution is 2.20. The fourth-order valence-corrected chi connectivity index (χ4v) is 2.37. The van der Waals surface area contributed by atoms with Gasteiger partial charge in [-0.2, -0.15) is 0 Å². The highest BCUT2D eigenvalue weighted by Gasteiger charge is 2.16. The van der Waals surface area contributed by atoms with E-state index < -0.39 is 0 Å². The van der Waals surface area contributed by atoms with E-state index >= 15 is 0 Å². The van der Waals surface area contributed by atoms with Gasteiger partial charge in [-0.15, -0.1) is 0 Å². The van der Waals surface area contributed by atoms with Gasteiger partial charge < -0.3 is 5.32 Å². The third-order valence-corrected chi connectivity index (χ3v) is 3.30. The zero-order valence-electron chi connectivity index (χ0n) is 9.21. The number of aromatic nitrogens is 1. The van der Waals surface area contributed by atoms with Crippen molar-refractivity contribution in [3.05, 3.63) is 28.0 Å². The van der Waals surface area contributed by atoms with E-state index in [2.05, 4.69) is 22.1 Å². The number of pyridine rings is 1. The second-order valence-corrected chi connectivity index (χ2v) is 4.98. The average molecular weight is 260 g/mol. The molecule has 2 rings (SSSR count). The Hall–Kier alpha value is -0.350. The van der Waals surface area contributed by atoms with E-state index in [9.17, 15) is 0 Å². The molecule has 1 saturated heterocycles. The minimum absolute atomic E-state index is 0.447. The van der Waals surface area contributed by atoms with Gasteiger partial charge in [-0.1, -0.05) is 23.2 Å². The van der Waals surface area contributed by atoms with Gasteiger partial charge in [-0.25, -0.2) is 4.98 Å². The molecule has 1 aromatic heterocycles. The Morgan fingerprint density at radius 2 is 2.38 bits per heavy atom. The minimum atomic E-state index is 0.447. The number of piperazine rings is 1. The van der Waals surface area contributed by atoms with E-state index in [1.54, 1.807) is 12.3 Å². The first-order valence-corrected chi connectivity index (χ1v) is 6.16. The predicted octanol–water partition coefficient (Wildman–Crippen LogP) is 2.18. The molecule has 0 spiro atoms. The van der Waals surface area contributed by atoms with Crippen molar-refractivity contribution >= 4 is 23.2 Å². The maximum Gasteiger partial charge on any atom is 0.130 e. The number of nitrogens with zero attached hydrogens (tertiary/aromatic N) is 2. The Kier molecular flexibility index (Phi) is 4.03. The molecule has 1 fully saturated rings. The zero-order valence-corrected chi connectivity index (χ0v) is 10.7. The summed E-state index contributed by atoms with van der Waals surface area (Å²) in [5, 5.41) is 4.56. The summed E-state index contributed by atoms with van der Waals surface area (Å²) >= 11 is 11.9. The van der Waals surface area contributed by atoms with E-state index in [0.29, 0.717) is 16.2 Å². The lowest BCUT2D eigenvalue weighted by Gasteiger charge is -2.31. The van der Waals surface area contributed by atoms with Gasteiger partial charge in [0.15, 0.2) is 0 Å². The Balaban J connectivity index is 2.02. The molecule has 0 bridgehead atoms. The lowest BCUT2D eigenvalue weighted by Crippen LogP contribution is -2.48. The number of rotatable bonds is 2. The minimum Gasteiger partial charge on any atom is -0.312 e. The summed E-state index contributed by atoms with van der Waals surface area (Å²) in [6, 6.07) is 2.23. The van der Waals surface area contributed by atoms with Crippen molar-refractivity contribution in [1.82, 2.24) is 15.2 Å². The van der Waals surface area contributed by atoms with Crippen molar-refractivity contribution in [3.63, 3.8) is 0 Å². The zero-order chi connectivity index (χ0) is 11.5. The van der Waals surface area contributed by atoms with Crippen molar-refractivity contribution in [2.24, 2.45) is 0 Å². The van der Waals surface area contributed by atoms with Crippen molar-refractivity contribution in [2.75, 3.05) is 19.6 Å². The molecule has 1 aliphatic heterocycles. The summed E-state index contributed by atoms with van der Waals surface area (Å²) in [5.41, 5.74) is 1.04. The second-order valence-electron chi connectivity index (χ2n) is 4.19. The molecule has 5 heteroatoms. The third kappa shape index (κ3) is 3.08. The predicted molar refractivity (Wildman–Crippen MR) is 67.0 cm³/mol. The number of halogens is 2. The third-order valence-electron chi connectivity index (χ3n) is 2.74.